The Morgan fingerprint density at radius 3 is 2.78 bits per heavy atom. The molecular weight excluding hydrogens is 312 g/mol. The molecule has 2 aromatic rings. The molecule has 0 radical (unpaired) electrons. The molecule has 3 rings (SSSR count). The highest BCUT2D eigenvalue weighted by atomic mass is 32.1. The Morgan fingerprint density at radius 2 is 2.04 bits per heavy atom. The van der Waals surface area contributed by atoms with Crippen molar-refractivity contribution in [3.8, 4) is 11.5 Å². The summed E-state index contributed by atoms with van der Waals surface area (Å²) < 4.78 is 11.5. The molecule has 0 spiro atoms. The lowest BCUT2D eigenvalue weighted by Crippen LogP contribution is -2.26. The molecule has 1 aromatic heterocycles. The number of benzene rings is 1. The number of hydrogen-bond acceptors (Lipinski definition) is 5. The number of hydrogen-bond donors (Lipinski definition) is 1. The van der Waals surface area contributed by atoms with Gasteiger partial charge in [-0.3, -0.25) is 4.79 Å². The summed E-state index contributed by atoms with van der Waals surface area (Å²) in [5.74, 6) is 0.965. The third-order valence-electron chi connectivity index (χ3n) is 3.34. The van der Waals surface area contributed by atoms with Gasteiger partial charge in [-0.15, -0.1) is 11.3 Å². The van der Waals surface area contributed by atoms with Crippen molar-refractivity contribution in [2.24, 2.45) is 10.5 Å². The van der Waals surface area contributed by atoms with Gasteiger partial charge in [-0.2, -0.15) is 5.10 Å². The number of nitrogens with zero attached hydrogens (tertiary/aromatic N) is 1. The molecule has 0 saturated heterocycles. The van der Waals surface area contributed by atoms with E-state index in [1.165, 1.54) is 0 Å². The minimum absolute atomic E-state index is 0.0631. The van der Waals surface area contributed by atoms with Crippen LogP contribution >= 0.6 is 11.3 Å². The van der Waals surface area contributed by atoms with Crippen LogP contribution < -0.4 is 14.9 Å². The van der Waals surface area contributed by atoms with Crippen molar-refractivity contribution in [1.82, 2.24) is 5.43 Å². The zero-order valence-electron chi connectivity index (χ0n) is 13.0. The number of carbonyl (C=O) groups is 1. The maximum atomic E-state index is 12.2. The first-order chi connectivity index (χ1) is 11.0. The summed E-state index contributed by atoms with van der Waals surface area (Å²) in [7, 11) is 0. The standard InChI is InChI=1S/C17H18N2O3S/c1-17(2)10-21-14-6-5-12(8-15(14)22-11-17)16(20)19-18-9-13-4-3-7-23-13/h3-9H,10-11H2,1-2H3,(H,19,20)/b18-9+. The number of ether oxygens (including phenoxy) is 2. The Bertz CT molecular complexity index is 723. The fraction of sp³-hybridized carbons (Fsp3) is 0.294. The number of fused-ring (bicyclic) bond motifs is 1. The van der Waals surface area contributed by atoms with Gasteiger partial charge in [0.2, 0.25) is 0 Å². The fourth-order valence-electron chi connectivity index (χ4n) is 2.05. The minimum Gasteiger partial charge on any atom is -0.489 e. The van der Waals surface area contributed by atoms with Crippen LogP contribution in [0.1, 0.15) is 29.1 Å². The van der Waals surface area contributed by atoms with Gasteiger partial charge in [-0.1, -0.05) is 19.9 Å². The summed E-state index contributed by atoms with van der Waals surface area (Å²) in [5.41, 5.74) is 2.94. The van der Waals surface area contributed by atoms with Crippen LogP contribution in [0.15, 0.2) is 40.8 Å². The highest BCUT2D eigenvalue weighted by Crippen LogP contribution is 2.34. The van der Waals surface area contributed by atoms with E-state index in [2.05, 4.69) is 24.4 Å². The second kappa shape index (κ2) is 6.42. The van der Waals surface area contributed by atoms with Crippen LogP contribution in [0.4, 0.5) is 0 Å². The number of rotatable bonds is 3. The van der Waals surface area contributed by atoms with E-state index >= 15 is 0 Å². The van der Waals surface area contributed by atoms with Crippen molar-refractivity contribution in [3.63, 3.8) is 0 Å². The van der Waals surface area contributed by atoms with Crippen molar-refractivity contribution < 1.29 is 14.3 Å². The second-order valence-corrected chi connectivity index (χ2v) is 7.10. The number of thiophene rings is 1. The molecule has 1 aliphatic rings. The van der Waals surface area contributed by atoms with E-state index in [0.29, 0.717) is 30.3 Å². The van der Waals surface area contributed by atoms with Crippen molar-refractivity contribution >= 4 is 23.5 Å². The molecule has 0 unspecified atom stereocenters. The van der Waals surface area contributed by atoms with E-state index in [9.17, 15) is 4.79 Å². The molecule has 2 heterocycles. The molecule has 23 heavy (non-hydrogen) atoms. The van der Waals surface area contributed by atoms with Crippen molar-refractivity contribution in [2.45, 2.75) is 13.8 Å². The van der Waals surface area contributed by atoms with Crippen LogP contribution in [-0.2, 0) is 0 Å². The zero-order valence-corrected chi connectivity index (χ0v) is 13.9. The van der Waals surface area contributed by atoms with E-state index < -0.39 is 0 Å². The maximum absolute atomic E-state index is 12.2. The minimum atomic E-state index is -0.285. The number of nitrogens with one attached hydrogen (secondary N) is 1. The molecule has 0 aliphatic carbocycles. The SMILES string of the molecule is CC1(C)COc2ccc(C(=O)N/N=C/c3cccs3)cc2OC1. The van der Waals surface area contributed by atoms with Gasteiger partial charge in [0, 0.05) is 15.9 Å². The molecule has 6 heteroatoms. The zero-order chi connectivity index (χ0) is 16.3. The van der Waals surface area contributed by atoms with E-state index in [-0.39, 0.29) is 11.3 Å². The highest BCUT2D eigenvalue weighted by molar-refractivity contribution is 7.11. The molecule has 1 aromatic carbocycles. The van der Waals surface area contributed by atoms with Gasteiger partial charge >= 0.3 is 0 Å². The Balaban J connectivity index is 1.69. The van der Waals surface area contributed by atoms with Crippen LogP contribution in [0.25, 0.3) is 0 Å². The van der Waals surface area contributed by atoms with E-state index in [1.54, 1.807) is 35.8 Å². The molecule has 0 bridgehead atoms. The van der Waals surface area contributed by atoms with Crippen molar-refractivity contribution in [1.29, 1.82) is 0 Å². The normalized spacial score (nSPS) is 16.1. The lowest BCUT2D eigenvalue weighted by molar-refractivity contribution is 0.0954. The molecule has 120 valence electrons. The van der Waals surface area contributed by atoms with Crippen molar-refractivity contribution in [3.05, 3.63) is 46.2 Å². The van der Waals surface area contributed by atoms with Gasteiger partial charge in [-0.25, -0.2) is 5.43 Å². The third-order valence-corrected chi connectivity index (χ3v) is 4.15. The van der Waals surface area contributed by atoms with Gasteiger partial charge in [0.1, 0.15) is 0 Å². The van der Waals surface area contributed by atoms with E-state index in [1.807, 2.05) is 17.5 Å². The average Bonchev–Trinajstić information content (AvgIpc) is 2.99. The maximum Gasteiger partial charge on any atom is 0.271 e. The summed E-state index contributed by atoms with van der Waals surface area (Å²) in [4.78, 5) is 13.1. The molecule has 0 atom stereocenters. The summed E-state index contributed by atoms with van der Waals surface area (Å²) in [5, 5.41) is 5.91. The second-order valence-electron chi connectivity index (χ2n) is 6.12. The quantitative estimate of drug-likeness (QED) is 0.694. The lowest BCUT2D eigenvalue weighted by Gasteiger charge is -2.19. The van der Waals surface area contributed by atoms with Gasteiger partial charge in [0.05, 0.1) is 19.4 Å². The first kappa shape index (κ1) is 15.6. The Hall–Kier alpha value is -2.34. The number of amides is 1. The molecule has 0 fully saturated rings. The Labute approximate surface area is 138 Å². The predicted octanol–water partition coefficient (Wildman–Crippen LogP) is 3.31. The van der Waals surface area contributed by atoms with Crippen LogP contribution in [0.3, 0.4) is 0 Å². The number of hydrazone groups is 1. The van der Waals surface area contributed by atoms with Crippen LogP contribution in [-0.4, -0.2) is 25.3 Å². The van der Waals surface area contributed by atoms with Crippen LogP contribution in [0, 0.1) is 5.41 Å². The van der Waals surface area contributed by atoms with Gasteiger partial charge in [0.15, 0.2) is 11.5 Å². The molecule has 1 aliphatic heterocycles. The number of carbonyl (C=O) groups excluding carboxylic acids is 1. The van der Waals surface area contributed by atoms with E-state index in [0.717, 1.165) is 4.88 Å². The smallest absolute Gasteiger partial charge is 0.271 e. The van der Waals surface area contributed by atoms with Gasteiger partial charge < -0.3 is 9.47 Å². The summed E-state index contributed by atoms with van der Waals surface area (Å²) in [6, 6.07) is 9.01. The molecular formula is C17H18N2O3S. The summed E-state index contributed by atoms with van der Waals surface area (Å²) in [6.45, 7) is 5.27. The first-order valence-corrected chi connectivity index (χ1v) is 8.18. The average molecular weight is 330 g/mol. The van der Waals surface area contributed by atoms with Gasteiger partial charge in [-0.05, 0) is 29.6 Å². The van der Waals surface area contributed by atoms with Crippen molar-refractivity contribution in [2.75, 3.05) is 13.2 Å². The molecule has 1 amide bonds. The molecule has 1 N–H and O–H groups in total. The van der Waals surface area contributed by atoms with Crippen LogP contribution in [0.2, 0.25) is 0 Å². The topological polar surface area (TPSA) is 59.9 Å². The van der Waals surface area contributed by atoms with E-state index in [4.69, 9.17) is 9.47 Å². The predicted molar refractivity (Wildman–Crippen MR) is 90.6 cm³/mol. The fourth-order valence-corrected chi connectivity index (χ4v) is 2.64. The third kappa shape index (κ3) is 3.90. The Morgan fingerprint density at radius 1 is 1.26 bits per heavy atom. The first-order valence-electron chi connectivity index (χ1n) is 7.30. The largest absolute Gasteiger partial charge is 0.489 e. The summed E-state index contributed by atoms with van der Waals surface area (Å²) in [6.07, 6.45) is 1.62. The Kier molecular flexibility index (Phi) is 4.34. The van der Waals surface area contributed by atoms with Crippen LogP contribution in [0.5, 0.6) is 11.5 Å². The van der Waals surface area contributed by atoms with Gasteiger partial charge in [0.25, 0.3) is 5.91 Å². The monoisotopic (exact) mass is 330 g/mol. The molecule has 0 saturated carbocycles. The highest BCUT2D eigenvalue weighted by Gasteiger charge is 2.25. The lowest BCUT2D eigenvalue weighted by atomic mass is 9.97. The molecule has 5 nitrogen and oxygen atoms in total. The summed E-state index contributed by atoms with van der Waals surface area (Å²) >= 11 is 1.55.